The monoisotopic (exact) mass is 303 g/mol. The van der Waals surface area contributed by atoms with E-state index in [1.165, 1.54) is 0 Å². The van der Waals surface area contributed by atoms with Crippen LogP contribution in [0.3, 0.4) is 0 Å². The zero-order valence-electron chi connectivity index (χ0n) is 13.6. The summed E-state index contributed by atoms with van der Waals surface area (Å²) in [7, 11) is 3.63. The number of urea groups is 1. The van der Waals surface area contributed by atoms with Gasteiger partial charge in [0.15, 0.2) is 0 Å². The van der Waals surface area contributed by atoms with Crippen molar-refractivity contribution in [3.63, 3.8) is 0 Å². The fourth-order valence-electron chi connectivity index (χ4n) is 1.81. The molecule has 0 radical (unpaired) electrons. The summed E-state index contributed by atoms with van der Waals surface area (Å²) in [6.45, 7) is 7.08. The maximum Gasteiger partial charge on any atom is 0.317 e. The maximum atomic E-state index is 12.1. The third-order valence-electron chi connectivity index (χ3n) is 3.12. The summed E-state index contributed by atoms with van der Waals surface area (Å²) in [6.07, 6.45) is 0.547. The Labute approximate surface area is 127 Å². The summed E-state index contributed by atoms with van der Waals surface area (Å²) in [5, 5.41) is 11.5. The number of ether oxygens (including phenoxy) is 1. The third kappa shape index (κ3) is 10.1. The van der Waals surface area contributed by atoms with Crippen LogP contribution in [0.5, 0.6) is 0 Å². The number of carbonyl (C=O) groups excluding carboxylic acids is 1. The molecular formula is C14H29N3O4. The van der Waals surface area contributed by atoms with E-state index in [1.807, 2.05) is 20.9 Å². The van der Waals surface area contributed by atoms with Crippen molar-refractivity contribution in [3.05, 3.63) is 0 Å². The Kier molecular flexibility index (Phi) is 10.6. The Morgan fingerprint density at radius 1 is 1.24 bits per heavy atom. The molecular weight excluding hydrogens is 274 g/mol. The van der Waals surface area contributed by atoms with E-state index in [9.17, 15) is 9.59 Å². The number of carboxylic acid groups (broad SMARTS) is 1. The zero-order chi connectivity index (χ0) is 16.3. The van der Waals surface area contributed by atoms with Gasteiger partial charge in [-0.3, -0.25) is 4.79 Å². The number of carboxylic acids is 1. The first-order valence-electron chi connectivity index (χ1n) is 7.32. The Morgan fingerprint density at radius 2 is 1.90 bits per heavy atom. The fourth-order valence-corrected chi connectivity index (χ4v) is 1.81. The van der Waals surface area contributed by atoms with Gasteiger partial charge in [0.2, 0.25) is 0 Å². The number of rotatable bonds is 11. The van der Waals surface area contributed by atoms with Crippen LogP contribution in [0.25, 0.3) is 0 Å². The van der Waals surface area contributed by atoms with Crippen molar-refractivity contribution in [2.45, 2.75) is 32.7 Å². The molecule has 0 spiro atoms. The van der Waals surface area contributed by atoms with Gasteiger partial charge in [0, 0.05) is 45.8 Å². The SMILES string of the molecule is COCCN(C)CCNC(=O)N(CCCC(=O)O)C(C)C. The van der Waals surface area contributed by atoms with Crippen LogP contribution in [0.4, 0.5) is 4.79 Å². The molecule has 0 unspecified atom stereocenters. The van der Waals surface area contributed by atoms with E-state index in [0.29, 0.717) is 26.1 Å². The lowest BCUT2D eigenvalue weighted by molar-refractivity contribution is -0.137. The van der Waals surface area contributed by atoms with Gasteiger partial charge in [0.1, 0.15) is 0 Å². The minimum absolute atomic E-state index is 0.0463. The smallest absolute Gasteiger partial charge is 0.317 e. The van der Waals surface area contributed by atoms with Gasteiger partial charge in [-0.2, -0.15) is 0 Å². The molecule has 0 fully saturated rings. The Morgan fingerprint density at radius 3 is 2.43 bits per heavy atom. The van der Waals surface area contributed by atoms with Gasteiger partial charge >= 0.3 is 12.0 Å². The highest BCUT2D eigenvalue weighted by Gasteiger charge is 2.16. The standard InChI is InChI=1S/C14H29N3O4/c1-12(2)17(8-5-6-13(18)19)14(20)15-7-9-16(3)10-11-21-4/h12H,5-11H2,1-4H3,(H,15,20)(H,18,19). The molecule has 0 heterocycles. The van der Waals surface area contributed by atoms with E-state index >= 15 is 0 Å². The van der Waals surface area contributed by atoms with Gasteiger partial charge in [0.25, 0.3) is 0 Å². The highest BCUT2D eigenvalue weighted by molar-refractivity contribution is 5.74. The van der Waals surface area contributed by atoms with Crippen LogP contribution < -0.4 is 5.32 Å². The largest absolute Gasteiger partial charge is 0.481 e. The van der Waals surface area contributed by atoms with E-state index in [1.54, 1.807) is 12.0 Å². The quantitative estimate of drug-likeness (QED) is 0.591. The van der Waals surface area contributed by atoms with Crippen molar-refractivity contribution in [1.29, 1.82) is 0 Å². The summed E-state index contributed by atoms with van der Waals surface area (Å²) in [5.74, 6) is -0.834. The summed E-state index contributed by atoms with van der Waals surface area (Å²) in [6, 6.07) is -0.0967. The van der Waals surface area contributed by atoms with E-state index in [2.05, 4.69) is 10.2 Å². The van der Waals surface area contributed by atoms with Gasteiger partial charge in [-0.25, -0.2) is 4.79 Å². The van der Waals surface area contributed by atoms with Gasteiger partial charge in [-0.05, 0) is 27.3 Å². The van der Waals surface area contributed by atoms with E-state index in [-0.39, 0.29) is 18.5 Å². The van der Waals surface area contributed by atoms with Crippen molar-refractivity contribution in [3.8, 4) is 0 Å². The van der Waals surface area contributed by atoms with Crippen molar-refractivity contribution >= 4 is 12.0 Å². The molecule has 0 aromatic rings. The second-order valence-electron chi connectivity index (χ2n) is 5.31. The summed E-state index contributed by atoms with van der Waals surface area (Å²) >= 11 is 0. The van der Waals surface area contributed by atoms with Gasteiger partial charge < -0.3 is 25.0 Å². The van der Waals surface area contributed by atoms with Crippen LogP contribution in [-0.2, 0) is 9.53 Å². The normalized spacial score (nSPS) is 11.0. The molecule has 2 amide bonds. The van der Waals surface area contributed by atoms with E-state index < -0.39 is 5.97 Å². The van der Waals surface area contributed by atoms with Crippen LogP contribution >= 0.6 is 0 Å². The first-order valence-corrected chi connectivity index (χ1v) is 7.32. The van der Waals surface area contributed by atoms with Crippen molar-refractivity contribution in [2.75, 3.05) is 46.9 Å². The summed E-state index contributed by atoms with van der Waals surface area (Å²) in [5.41, 5.74) is 0. The molecule has 0 atom stereocenters. The number of aliphatic carboxylic acids is 1. The van der Waals surface area contributed by atoms with Crippen LogP contribution in [0.2, 0.25) is 0 Å². The number of amides is 2. The molecule has 124 valence electrons. The Balaban J connectivity index is 4.03. The fraction of sp³-hybridized carbons (Fsp3) is 0.857. The molecule has 0 bridgehead atoms. The molecule has 7 heteroatoms. The van der Waals surface area contributed by atoms with Crippen LogP contribution in [-0.4, -0.2) is 79.9 Å². The summed E-state index contributed by atoms with van der Waals surface area (Å²) < 4.78 is 4.99. The predicted octanol–water partition coefficient (Wildman–Crippen LogP) is 0.849. The first kappa shape index (κ1) is 19.7. The van der Waals surface area contributed by atoms with Gasteiger partial charge in [0.05, 0.1) is 6.61 Å². The molecule has 0 aromatic heterocycles. The van der Waals surface area contributed by atoms with Crippen molar-refractivity contribution < 1.29 is 19.4 Å². The average molecular weight is 303 g/mol. The lowest BCUT2D eigenvalue weighted by atomic mass is 10.2. The Bertz CT molecular complexity index is 311. The lowest BCUT2D eigenvalue weighted by Gasteiger charge is -2.27. The van der Waals surface area contributed by atoms with Crippen LogP contribution in [0.1, 0.15) is 26.7 Å². The van der Waals surface area contributed by atoms with E-state index in [0.717, 1.165) is 13.1 Å². The van der Waals surface area contributed by atoms with Crippen molar-refractivity contribution in [2.24, 2.45) is 0 Å². The topological polar surface area (TPSA) is 82.1 Å². The maximum absolute atomic E-state index is 12.1. The molecule has 0 aliphatic rings. The summed E-state index contributed by atoms with van der Waals surface area (Å²) in [4.78, 5) is 26.3. The van der Waals surface area contributed by atoms with E-state index in [4.69, 9.17) is 9.84 Å². The lowest BCUT2D eigenvalue weighted by Crippen LogP contribution is -2.46. The van der Waals surface area contributed by atoms with Gasteiger partial charge in [-0.15, -0.1) is 0 Å². The minimum atomic E-state index is -0.834. The molecule has 0 rings (SSSR count). The minimum Gasteiger partial charge on any atom is -0.481 e. The Hall–Kier alpha value is -1.34. The number of nitrogens with one attached hydrogen (secondary N) is 1. The first-order chi connectivity index (χ1) is 9.88. The molecule has 0 aliphatic heterocycles. The molecule has 21 heavy (non-hydrogen) atoms. The number of carbonyl (C=O) groups is 2. The number of likely N-dealkylation sites (N-methyl/N-ethyl adjacent to an activating group) is 1. The molecule has 0 saturated heterocycles. The van der Waals surface area contributed by atoms with Crippen molar-refractivity contribution in [1.82, 2.24) is 15.1 Å². The van der Waals surface area contributed by atoms with Crippen LogP contribution in [0.15, 0.2) is 0 Å². The predicted molar refractivity (Wildman–Crippen MR) is 81.5 cm³/mol. The molecule has 2 N–H and O–H groups in total. The number of hydrogen-bond donors (Lipinski definition) is 2. The molecule has 0 saturated carbocycles. The number of methoxy groups -OCH3 is 1. The second-order valence-corrected chi connectivity index (χ2v) is 5.31. The number of nitrogens with zero attached hydrogens (tertiary/aromatic N) is 2. The average Bonchev–Trinajstić information content (AvgIpc) is 2.40. The van der Waals surface area contributed by atoms with Crippen LogP contribution in [0, 0.1) is 0 Å². The molecule has 0 aliphatic carbocycles. The molecule has 7 nitrogen and oxygen atoms in total. The molecule has 0 aromatic carbocycles. The highest BCUT2D eigenvalue weighted by Crippen LogP contribution is 2.02. The highest BCUT2D eigenvalue weighted by atomic mass is 16.5. The second kappa shape index (κ2) is 11.3. The van der Waals surface area contributed by atoms with Gasteiger partial charge in [-0.1, -0.05) is 0 Å². The number of hydrogen-bond acceptors (Lipinski definition) is 4. The zero-order valence-corrected chi connectivity index (χ0v) is 13.6. The third-order valence-corrected chi connectivity index (χ3v) is 3.12.